The molecule has 1 aliphatic heterocycles. The Labute approximate surface area is 170 Å². The van der Waals surface area contributed by atoms with Crippen LogP contribution >= 0.6 is 0 Å². The lowest BCUT2D eigenvalue weighted by Crippen LogP contribution is -2.32. The van der Waals surface area contributed by atoms with Crippen LogP contribution in [-0.2, 0) is 16.4 Å². The molecule has 8 nitrogen and oxygen atoms in total. The van der Waals surface area contributed by atoms with Gasteiger partial charge in [-0.2, -0.15) is 5.10 Å². The van der Waals surface area contributed by atoms with E-state index >= 15 is 0 Å². The molecule has 4 rings (SSSR count). The molecule has 2 aliphatic rings. The summed E-state index contributed by atoms with van der Waals surface area (Å²) in [5, 5.41) is 7.57. The average molecular weight is 419 g/mol. The standard InChI is InChI=1S/C20H26N4O4S/c1-23(12-14-3-7-17(28-2)8-4-14)20(25)21-19-11-18(15-5-6-15)22-24(19)16-9-10-29(26,27)13-16/h3-4,7-8,11,15-16H,5-6,9-10,12-13H2,1-2H3,(H,21,25). The molecular formula is C20H26N4O4S. The molecule has 29 heavy (non-hydrogen) atoms. The molecule has 0 radical (unpaired) electrons. The molecule has 156 valence electrons. The van der Waals surface area contributed by atoms with Gasteiger partial charge in [0.15, 0.2) is 9.84 Å². The number of rotatable bonds is 6. The summed E-state index contributed by atoms with van der Waals surface area (Å²) in [7, 11) is 0.297. The third-order valence-electron chi connectivity index (χ3n) is 5.47. The first-order valence-corrected chi connectivity index (χ1v) is 11.6. The molecule has 1 saturated heterocycles. The van der Waals surface area contributed by atoms with Crippen molar-refractivity contribution >= 4 is 21.7 Å². The average Bonchev–Trinajstić information content (AvgIpc) is 3.37. The number of urea groups is 1. The molecule has 1 aliphatic carbocycles. The number of benzene rings is 1. The van der Waals surface area contributed by atoms with Crippen molar-refractivity contribution in [1.82, 2.24) is 14.7 Å². The van der Waals surface area contributed by atoms with E-state index in [4.69, 9.17) is 4.74 Å². The number of amides is 2. The minimum absolute atomic E-state index is 0.0728. The minimum atomic E-state index is -3.04. The number of hydrogen-bond acceptors (Lipinski definition) is 5. The minimum Gasteiger partial charge on any atom is -0.497 e. The molecule has 0 bridgehead atoms. The van der Waals surface area contributed by atoms with Crippen molar-refractivity contribution in [3.63, 3.8) is 0 Å². The van der Waals surface area contributed by atoms with E-state index in [1.54, 1.807) is 23.7 Å². The van der Waals surface area contributed by atoms with E-state index in [-0.39, 0.29) is 23.6 Å². The van der Waals surface area contributed by atoms with Gasteiger partial charge in [-0.15, -0.1) is 0 Å². The molecule has 1 aromatic carbocycles. The fourth-order valence-electron chi connectivity index (χ4n) is 3.61. The van der Waals surface area contributed by atoms with Crippen LogP contribution in [0.1, 0.15) is 42.5 Å². The van der Waals surface area contributed by atoms with Crippen LogP contribution in [0.25, 0.3) is 0 Å². The summed E-state index contributed by atoms with van der Waals surface area (Å²) in [6.07, 6.45) is 2.70. The number of carbonyl (C=O) groups is 1. The number of nitrogens with zero attached hydrogens (tertiary/aromatic N) is 3. The second-order valence-electron chi connectivity index (χ2n) is 7.86. The smallest absolute Gasteiger partial charge is 0.323 e. The van der Waals surface area contributed by atoms with E-state index in [1.807, 2.05) is 30.3 Å². The Hall–Kier alpha value is -2.55. The van der Waals surface area contributed by atoms with Gasteiger partial charge in [-0.05, 0) is 37.0 Å². The molecule has 2 aromatic rings. The molecule has 1 aromatic heterocycles. The fraction of sp³-hybridized carbons (Fsp3) is 0.500. The van der Waals surface area contributed by atoms with Crippen molar-refractivity contribution in [3.05, 3.63) is 41.6 Å². The van der Waals surface area contributed by atoms with Gasteiger partial charge in [0, 0.05) is 25.6 Å². The summed E-state index contributed by atoms with van der Waals surface area (Å²) in [6, 6.07) is 8.96. The Balaban J connectivity index is 1.47. The Morgan fingerprint density at radius 2 is 2.00 bits per heavy atom. The first kappa shape index (κ1) is 19.8. The predicted octanol–water partition coefficient (Wildman–Crippen LogP) is 2.79. The highest BCUT2D eigenvalue weighted by Crippen LogP contribution is 2.41. The third kappa shape index (κ3) is 4.55. The normalized spacial score (nSPS) is 20.4. The van der Waals surface area contributed by atoms with Gasteiger partial charge in [0.2, 0.25) is 0 Å². The third-order valence-corrected chi connectivity index (χ3v) is 7.22. The van der Waals surface area contributed by atoms with Crippen LogP contribution in [0, 0.1) is 0 Å². The predicted molar refractivity (Wildman–Crippen MR) is 110 cm³/mol. The van der Waals surface area contributed by atoms with Crippen molar-refractivity contribution < 1.29 is 17.9 Å². The SMILES string of the molecule is COc1ccc(CN(C)C(=O)Nc2cc(C3CC3)nn2C2CCS(=O)(=O)C2)cc1. The molecular weight excluding hydrogens is 392 g/mol. The Bertz CT molecular complexity index is 996. The number of nitrogens with one attached hydrogen (secondary N) is 1. The largest absolute Gasteiger partial charge is 0.497 e. The topological polar surface area (TPSA) is 93.5 Å². The van der Waals surface area contributed by atoms with Gasteiger partial charge >= 0.3 is 6.03 Å². The first-order valence-electron chi connectivity index (χ1n) is 9.79. The molecule has 1 N–H and O–H groups in total. The van der Waals surface area contributed by atoms with E-state index in [2.05, 4.69) is 10.4 Å². The van der Waals surface area contributed by atoms with Crippen molar-refractivity contribution in [3.8, 4) is 5.75 Å². The van der Waals surface area contributed by atoms with Gasteiger partial charge in [0.25, 0.3) is 0 Å². The summed E-state index contributed by atoms with van der Waals surface area (Å²) < 4.78 is 30.7. The molecule has 1 unspecified atom stereocenters. The van der Waals surface area contributed by atoms with Crippen molar-refractivity contribution in [2.24, 2.45) is 0 Å². The van der Waals surface area contributed by atoms with E-state index < -0.39 is 9.84 Å². The van der Waals surface area contributed by atoms with Crippen molar-refractivity contribution in [2.75, 3.05) is 31.0 Å². The summed E-state index contributed by atoms with van der Waals surface area (Å²) in [5.74, 6) is 2.00. The van der Waals surface area contributed by atoms with E-state index in [1.165, 1.54) is 0 Å². The van der Waals surface area contributed by atoms with E-state index in [0.29, 0.717) is 24.7 Å². The zero-order chi connectivity index (χ0) is 20.6. The molecule has 2 heterocycles. The van der Waals surface area contributed by atoms with E-state index in [9.17, 15) is 13.2 Å². The zero-order valence-corrected chi connectivity index (χ0v) is 17.5. The second kappa shape index (κ2) is 7.70. The fourth-order valence-corrected chi connectivity index (χ4v) is 5.31. The van der Waals surface area contributed by atoms with Gasteiger partial charge in [0.1, 0.15) is 11.6 Å². The molecule has 1 atom stereocenters. The van der Waals surface area contributed by atoms with Gasteiger partial charge in [-0.1, -0.05) is 12.1 Å². The maximum atomic E-state index is 12.8. The summed E-state index contributed by atoms with van der Waals surface area (Å²) in [6.45, 7) is 0.442. The molecule has 0 spiro atoms. The van der Waals surface area contributed by atoms with Crippen LogP contribution in [0.4, 0.5) is 10.6 Å². The maximum Gasteiger partial charge on any atom is 0.323 e. The van der Waals surface area contributed by atoms with Crippen molar-refractivity contribution in [1.29, 1.82) is 0 Å². The quantitative estimate of drug-likeness (QED) is 0.779. The van der Waals surface area contributed by atoms with E-state index in [0.717, 1.165) is 29.8 Å². The first-order chi connectivity index (χ1) is 13.8. The molecule has 9 heteroatoms. The van der Waals surface area contributed by atoms with Gasteiger partial charge < -0.3 is 9.64 Å². The molecule has 2 fully saturated rings. The molecule has 2 amide bonds. The lowest BCUT2D eigenvalue weighted by molar-refractivity contribution is 0.220. The van der Waals surface area contributed by atoms with Crippen LogP contribution < -0.4 is 10.1 Å². The maximum absolute atomic E-state index is 12.8. The summed E-state index contributed by atoms with van der Waals surface area (Å²) >= 11 is 0. The lowest BCUT2D eigenvalue weighted by Gasteiger charge is -2.20. The second-order valence-corrected chi connectivity index (χ2v) is 10.1. The van der Waals surface area contributed by atoms with Crippen LogP contribution in [0.5, 0.6) is 5.75 Å². The van der Waals surface area contributed by atoms with Crippen LogP contribution in [0.15, 0.2) is 30.3 Å². The van der Waals surface area contributed by atoms with Gasteiger partial charge in [-0.25, -0.2) is 17.9 Å². The Morgan fingerprint density at radius 3 is 2.59 bits per heavy atom. The van der Waals surface area contributed by atoms with Crippen LogP contribution in [-0.4, -0.2) is 54.8 Å². The number of sulfone groups is 1. The van der Waals surface area contributed by atoms with Crippen LogP contribution in [0.3, 0.4) is 0 Å². The van der Waals surface area contributed by atoms with Crippen LogP contribution in [0.2, 0.25) is 0 Å². The number of ether oxygens (including phenoxy) is 1. The summed E-state index contributed by atoms with van der Waals surface area (Å²) in [5.41, 5.74) is 1.92. The Kier molecular flexibility index (Phi) is 5.24. The zero-order valence-electron chi connectivity index (χ0n) is 16.7. The Morgan fingerprint density at radius 1 is 1.28 bits per heavy atom. The molecule has 1 saturated carbocycles. The van der Waals surface area contributed by atoms with Gasteiger partial charge in [0.05, 0.1) is 30.4 Å². The number of hydrogen-bond donors (Lipinski definition) is 1. The number of anilines is 1. The number of methoxy groups -OCH3 is 1. The monoisotopic (exact) mass is 418 g/mol. The lowest BCUT2D eigenvalue weighted by atomic mass is 10.2. The summed E-state index contributed by atoms with van der Waals surface area (Å²) in [4.78, 5) is 14.3. The number of carbonyl (C=O) groups excluding carboxylic acids is 1. The highest BCUT2D eigenvalue weighted by Gasteiger charge is 2.34. The highest BCUT2D eigenvalue weighted by molar-refractivity contribution is 7.91. The highest BCUT2D eigenvalue weighted by atomic mass is 32.2. The van der Waals surface area contributed by atoms with Gasteiger partial charge in [-0.3, -0.25) is 5.32 Å². The van der Waals surface area contributed by atoms with Crippen molar-refractivity contribution in [2.45, 2.75) is 37.8 Å². The number of aromatic nitrogens is 2.